The van der Waals surface area contributed by atoms with Crippen LogP contribution in [-0.4, -0.2) is 46.8 Å². The first-order valence-corrected chi connectivity index (χ1v) is 10.0. The van der Waals surface area contributed by atoms with Gasteiger partial charge in [-0.1, -0.05) is 12.2 Å². The number of halogens is 1. The van der Waals surface area contributed by atoms with Crippen molar-refractivity contribution in [2.75, 3.05) is 25.0 Å². The lowest BCUT2D eigenvalue weighted by Gasteiger charge is -2.28. The minimum absolute atomic E-state index is 0.0278. The number of rotatable bonds is 4. The number of carboxylic acids is 1. The monoisotopic (exact) mass is 398 g/mol. The second-order valence-corrected chi connectivity index (χ2v) is 8.28. The summed E-state index contributed by atoms with van der Waals surface area (Å²) in [6, 6.07) is 0.282. The number of fused-ring (bicyclic) bond motifs is 2. The molecule has 2 fully saturated rings. The number of aromatic carboxylic acids is 1. The third-order valence-electron chi connectivity index (χ3n) is 6.53. The molecule has 0 amide bonds. The maximum atomic E-state index is 15.7. The average Bonchev–Trinajstić information content (AvgIpc) is 3.46. The van der Waals surface area contributed by atoms with Crippen molar-refractivity contribution in [2.45, 2.75) is 31.3 Å². The Kier molecular flexibility index (Phi) is 4.20. The Bertz CT molecular complexity index is 1090. The van der Waals surface area contributed by atoms with Gasteiger partial charge in [0, 0.05) is 43.5 Å². The fraction of sp³-hybridized carbons (Fsp3) is 0.476. The van der Waals surface area contributed by atoms with Crippen molar-refractivity contribution in [2.24, 2.45) is 11.8 Å². The van der Waals surface area contributed by atoms with Gasteiger partial charge in [0.15, 0.2) is 11.6 Å². The summed E-state index contributed by atoms with van der Waals surface area (Å²) in [6.07, 6.45) is 9.64. The lowest BCUT2D eigenvalue weighted by atomic mass is 9.82. The van der Waals surface area contributed by atoms with E-state index in [0.29, 0.717) is 24.9 Å². The number of likely N-dealkylation sites (N-methyl/N-ethyl adjacent to an activating group) is 1. The van der Waals surface area contributed by atoms with Gasteiger partial charge in [-0.25, -0.2) is 14.2 Å². The van der Waals surface area contributed by atoms with Gasteiger partial charge < -0.3 is 19.9 Å². The number of aromatic nitrogens is 2. The van der Waals surface area contributed by atoms with Crippen molar-refractivity contribution in [3.05, 3.63) is 46.1 Å². The number of nitrogens with zero attached hydrogens (tertiary/aromatic N) is 3. The molecule has 1 saturated carbocycles. The van der Waals surface area contributed by atoms with E-state index in [2.05, 4.69) is 22.5 Å². The third kappa shape index (κ3) is 2.85. The van der Waals surface area contributed by atoms with Crippen LogP contribution in [-0.2, 0) is 0 Å². The van der Waals surface area contributed by atoms with Gasteiger partial charge >= 0.3 is 5.97 Å². The van der Waals surface area contributed by atoms with Gasteiger partial charge in [0.1, 0.15) is 5.56 Å². The van der Waals surface area contributed by atoms with E-state index in [9.17, 15) is 14.7 Å². The summed E-state index contributed by atoms with van der Waals surface area (Å²) in [4.78, 5) is 30.3. The van der Waals surface area contributed by atoms with Crippen LogP contribution >= 0.6 is 0 Å². The van der Waals surface area contributed by atoms with Gasteiger partial charge in [-0.3, -0.25) is 4.79 Å². The van der Waals surface area contributed by atoms with Crippen molar-refractivity contribution in [3.8, 4) is 0 Å². The van der Waals surface area contributed by atoms with Crippen LogP contribution in [0.2, 0.25) is 0 Å². The van der Waals surface area contributed by atoms with Gasteiger partial charge in [-0.2, -0.15) is 0 Å². The Hall–Kier alpha value is -2.74. The number of carbonyl (C=O) groups is 1. The van der Waals surface area contributed by atoms with Crippen molar-refractivity contribution < 1.29 is 14.3 Å². The van der Waals surface area contributed by atoms with Crippen LogP contribution in [0.5, 0.6) is 0 Å². The van der Waals surface area contributed by atoms with E-state index in [1.807, 2.05) is 11.9 Å². The number of pyridine rings is 2. The summed E-state index contributed by atoms with van der Waals surface area (Å²) >= 11 is 0. The number of allylic oxidation sites excluding steroid dienone is 1. The molecule has 2 N–H and O–H groups in total. The van der Waals surface area contributed by atoms with Crippen molar-refractivity contribution >= 4 is 22.7 Å². The topological polar surface area (TPSA) is 87.5 Å². The van der Waals surface area contributed by atoms with Crippen molar-refractivity contribution in [1.29, 1.82) is 0 Å². The van der Waals surface area contributed by atoms with Gasteiger partial charge in [0.2, 0.25) is 5.43 Å². The second kappa shape index (κ2) is 6.66. The van der Waals surface area contributed by atoms with Crippen LogP contribution in [0.3, 0.4) is 0 Å². The minimum atomic E-state index is -1.30. The van der Waals surface area contributed by atoms with E-state index in [4.69, 9.17) is 0 Å². The normalized spacial score (nSPS) is 26.1. The number of nitrogens with one attached hydrogen (secondary N) is 1. The third-order valence-corrected chi connectivity index (χ3v) is 6.53. The first kappa shape index (κ1) is 18.3. The molecule has 3 atom stereocenters. The molecule has 2 aliphatic carbocycles. The Morgan fingerprint density at radius 3 is 2.83 bits per heavy atom. The molecular formula is C21H23FN4O3. The van der Waals surface area contributed by atoms with Gasteiger partial charge in [0.05, 0.1) is 10.9 Å². The smallest absolute Gasteiger partial charge is 0.341 e. The molecule has 3 aliphatic rings. The predicted octanol–water partition coefficient (Wildman–Crippen LogP) is 2.17. The molecule has 5 rings (SSSR count). The summed E-state index contributed by atoms with van der Waals surface area (Å²) in [5, 5.41) is 12.7. The number of hydrogen-bond acceptors (Lipinski definition) is 5. The standard InChI is InChI=1S/C21H23FN4O3/c1-23-16-4-2-3-11-8-25(9-14(11)16)20-17(22)18-13(7-24-20)19(27)15(21(28)29)10-26(18)12-5-6-12/h2,4,7,10-12,14,16,23H,3,5-6,8-9H2,1H3,(H,28,29)/t11-,14+,16-/m1/s1. The maximum Gasteiger partial charge on any atom is 0.341 e. The summed E-state index contributed by atoms with van der Waals surface area (Å²) in [5.74, 6) is -0.782. The maximum absolute atomic E-state index is 15.7. The fourth-order valence-electron chi connectivity index (χ4n) is 4.89. The summed E-state index contributed by atoms with van der Waals surface area (Å²) in [7, 11) is 1.93. The molecule has 0 aromatic carbocycles. The molecule has 0 spiro atoms. The van der Waals surface area contributed by atoms with E-state index in [1.54, 1.807) is 4.57 Å². The van der Waals surface area contributed by atoms with Gasteiger partial charge in [-0.05, 0) is 32.2 Å². The Labute approximate surface area is 166 Å². The summed E-state index contributed by atoms with van der Waals surface area (Å²) in [6.45, 7) is 1.40. The zero-order chi connectivity index (χ0) is 20.3. The molecule has 3 heterocycles. The highest BCUT2D eigenvalue weighted by molar-refractivity contribution is 5.93. The summed E-state index contributed by atoms with van der Waals surface area (Å²) < 4.78 is 17.3. The first-order chi connectivity index (χ1) is 14.0. The molecular weight excluding hydrogens is 375 g/mol. The zero-order valence-electron chi connectivity index (χ0n) is 16.1. The molecule has 8 heteroatoms. The predicted molar refractivity (Wildman–Crippen MR) is 107 cm³/mol. The number of hydrogen-bond donors (Lipinski definition) is 2. The van der Waals surface area contributed by atoms with E-state index in [-0.39, 0.29) is 34.4 Å². The van der Waals surface area contributed by atoms with Crippen molar-refractivity contribution in [3.63, 3.8) is 0 Å². The van der Waals surface area contributed by atoms with E-state index < -0.39 is 17.2 Å². The second-order valence-electron chi connectivity index (χ2n) is 8.28. The van der Waals surface area contributed by atoms with Crippen LogP contribution in [0.25, 0.3) is 10.9 Å². The molecule has 1 aliphatic heterocycles. The van der Waals surface area contributed by atoms with Gasteiger partial charge in [0.25, 0.3) is 0 Å². The molecule has 7 nitrogen and oxygen atoms in total. The van der Waals surface area contributed by atoms with E-state index >= 15 is 4.39 Å². The molecule has 2 aromatic heterocycles. The quantitative estimate of drug-likeness (QED) is 0.768. The van der Waals surface area contributed by atoms with E-state index in [0.717, 1.165) is 19.3 Å². The largest absolute Gasteiger partial charge is 0.477 e. The Morgan fingerprint density at radius 1 is 1.34 bits per heavy atom. The molecule has 29 heavy (non-hydrogen) atoms. The SMILES string of the molecule is CN[C@@H]1C=CC[C@@H]2CN(c3ncc4c(=O)c(C(=O)O)cn(C5CC5)c4c3F)C[C@@H]21. The first-order valence-electron chi connectivity index (χ1n) is 10.0. The fourth-order valence-corrected chi connectivity index (χ4v) is 4.89. The van der Waals surface area contributed by atoms with Crippen LogP contribution in [0.4, 0.5) is 10.2 Å². The highest BCUT2D eigenvalue weighted by Crippen LogP contribution is 2.40. The number of anilines is 1. The van der Waals surface area contributed by atoms with Crippen LogP contribution < -0.4 is 15.6 Å². The lowest BCUT2D eigenvalue weighted by Crippen LogP contribution is -2.38. The summed E-state index contributed by atoms with van der Waals surface area (Å²) in [5.41, 5.74) is -0.851. The van der Waals surface area contributed by atoms with E-state index in [1.165, 1.54) is 12.4 Å². The molecule has 152 valence electrons. The highest BCUT2D eigenvalue weighted by atomic mass is 19.1. The average molecular weight is 398 g/mol. The van der Waals surface area contributed by atoms with Crippen LogP contribution in [0, 0.1) is 17.7 Å². The lowest BCUT2D eigenvalue weighted by molar-refractivity contribution is 0.0695. The van der Waals surface area contributed by atoms with Crippen LogP contribution in [0.1, 0.15) is 35.7 Å². The minimum Gasteiger partial charge on any atom is -0.477 e. The van der Waals surface area contributed by atoms with Crippen molar-refractivity contribution in [1.82, 2.24) is 14.9 Å². The zero-order valence-corrected chi connectivity index (χ0v) is 16.1. The van der Waals surface area contributed by atoms with Crippen LogP contribution in [0.15, 0.2) is 29.3 Å². The molecule has 0 unspecified atom stereocenters. The molecule has 0 bridgehead atoms. The molecule has 1 saturated heterocycles. The highest BCUT2D eigenvalue weighted by Gasteiger charge is 2.39. The molecule has 2 aromatic rings. The Balaban J connectivity index is 1.61. The van der Waals surface area contributed by atoms with Gasteiger partial charge in [-0.15, -0.1) is 0 Å². The number of carboxylic acid groups (broad SMARTS) is 1. The molecule has 0 radical (unpaired) electrons. The Morgan fingerprint density at radius 2 is 2.14 bits per heavy atom.